The molecule has 0 aliphatic rings. The number of aliphatic hydroxyl groups excluding tert-OH is 1. The summed E-state index contributed by atoms with van der Waals surface area (Å²) in [6.07, 6.45) is 0. The monoisotopic (exact) mass is 168 g/mol. The van der Waals surface area contributed by atoms with Crippen molar-refractivity contribution in [1.82, 2.24) is 0 Å². The summed E-state index contributed by atoms with van der Waals surface area (Å²) in [5.74, 6) is 0. The zero-order chi connectivity index (χ0) is 7.82. The molecule has 0 saturated carbocycles. The molecule has 0 aromatic carbocycles. The number of rotatable bonds is 5. The molecule has 0 unspecified atom stereocenters. The lowest BCUT2D eigenvalue weighted by molar-refractivity contribution is 0.0597. The second kappa shape index (κ2) is 6.80. The number of halogens is 1. The molecule has 0 fully saturated rings. The number of carbonyl (C=O) groups is 1. The summed E-state index contributed by atoms with van der Waals surface area (Å²) < 4.78 is 9.06. The van der Waals surface area contributed by atoms with Crippen LogP contribution < -0.4 is 0 Å². The molecule has 0 heterocycles. The van der Waals surface area contributed by atoms with E-state index in [9.17, 15) is 4.79 Å². The average molecular weight is 169 g/mol. The van der Waals surface area contributed by atoms with Gasteiger partial charge in [-0.1, -0.05) is 0 Å². The third-order valence-corrected chi connectivity index (χ3v) is 0.788. The summed E-state index contributed by atoms with van der Waals surface area (Å²) in [5, 5.41) is 8.22. The number of ether oxygens (including phenoxy) is 2. The second-order valence-corrected chi connectivity index (χ2v) is 1.73. The van der Waals surface area contributed by atoms with Crippen molar-refractivity contribution in [2.75, 3.05) is 26.4 Å². The van der Waals surface area contributed by atoms with Crippen molar-refractivity contribution in [3.05, 3.63) is 0 Å². The lowest BCUT2D eigenvalue weighted by Crippen LogP contribution is -2.07. The highest BCUT2D eigenvalue weighted by Gasteiger charge is 1.93. The Morgan fingerprint density at radius 3 is 2.60 bits per heavy atom. The highest BCUT2D eigenvalue weighted by atomic mass is 35.5. The molecule has 0 rings (SSSR count). The van der Waals surface area contributed by atoms with Crippen LogP contribution in [0.2, 0.25) is 0 Å². The molecule has 5 heteroatoms. The quantitative estimate of drug-likeness (QED) is 0.476. The predicted octanol–water partition coefficient (Wildman–Crippen LogP) is 0.371. The predicted molar refractivity (Wildman–Crippen MR) is 35.1 cm³/mol. The van der Waals surface area contributed by atoms with Gasteiger partial charge in [0, 0.05) is 11.6 Å². The van der Waals surface area contributed by atoms with Crippen LogP contribution in [0.4, 0.5) is 4.79 Å². The molecule has 0 bridgehead atoms. The van der Waals surface area contributed by atoms with Gasteiger partial charge in [0.1, 0.15) is 6.61 Å². The minimum Gasteiger partial charge on any atom is -0.451 e. The SMILES string of the molecule is O=C(Cl)OCCOCCO. The van der Waals surface area contributed by atoms with E-state index in [1.807, 2.05) is 0 Å². The van der Waals surface area contributed by atoms with Gasteiger partial charge in [-0.05, 0) is 0 Å². The van der Waals surface area contributed by atoms with Gasteiger partial charge in [-0.15, -0.1) is 0 Å². The maximum atomic E-state index is 9.91. The van der Waals surface area contributed by atoms with E-state index < -0.39 is 5.43 Å². The van der Waals surface area contributed by atoms with E-state index in [0.717, 1.165) is 0 Å². The van der Waals surface area contributed by atoms with E-state index in [1.54, 1.807) is 0 Å². The Bertz CT molecular complexity index is 95.6. The van der Waals surface area contributed by atoms with Crippen LogP contribution in [-0.4, -0.2) is 37.0 Å². The van der Waals surface area contributed by atoms with E-state index in [-0.39, 0.29) is 26.4 Å². The van der Waals surface area contributed by atoms with Crippen LogP contribution in [0.3, 0.4) is 0 Å². The molecule has 0 atom stereocenters. The summed E-state index contributed by atoms with van der Waals surface area (Å²) in [4.78, 5) is 9.91. The van der Waals surface area contributed by atoms with Gasteiger partial charge in [0.05, 0.1) is 19.8 Å². The number of hydrogen-bond donors (Lipinski definition) is 1. The fourth-order valence-electron chi connectivity index (χ4n) is 0.347. The summed E-state index contributed by atoms with van der Waals surface area (Å²) in [6, 6.07) is 0. The molecular formula is C5H9ClO4. The van der Waals surface area contributed by atoms with E-state index in [0.29, 0.717) is 0 Å². The molecule has 0 saturated heterocycles. The van der Waals surface area contributed by atoms with Crippen LogP contribution >= 0.6 is 11.6 Å². The van der Waals surface area contributed by atoms with Crippen molar-refractivity contribution in [3.63, 3.8) is 0 Å². The van der Waals surface area contributed by atoms with E-state index in [4.69, 9.17) is 21.4 Å². The van der Waals surface area contributed by atoms with Gasteiger partial charge >= 0.3 is 5.43 Å². The zero-order valence-electron chi connectivity index (χ0n) is 5.38. The van der Waals surface area contributed by atoms with Crippen molar-refractivity contribution in [1.29, 1.82) is 0 Å². The number of aliphatic hydroxyl groups is 1. The standard InChI is InChI=1S/C5H9ClO4/c6-5(8)10-4-3-9-2-1-7/h7H,1-4H2. The van der Waals surface area contributed by atoms with Gasteiger partial charge in [0.25, 0.3) is 0 Å². The Morgan fingerprint density at radius 2 is 2.10 bits per heavy atom. The van der Waals surface area contributed by atoms with Gasteiger partial charge in [-0.25, -0.2) is 4.79 Å². The summed E-state index contributed by atoms with van der Waals surface area (Å²) in [5.41, 5.74) is -0.840. The van der Waals surface area contributed by atoms with Crippen LogP contribution in [0.1, 0.15) is 0 Å². The third kappa shape index (κ3) is 7.68. The van der Waals surface area contributed by atoms with Gasteiger partial charge in [-0.2, -0.15) is 0 Å². The molecule has 0 amide bonds. The zero-order valence-corrected chi connectivity index (χ0v) is 6.13. The van der Waals surface area contributed by atoms with E-state index in [1.165, 1.54) is 0 Å². The number of carbonyl (C=O) groups excluding carboxylic acids is 1. The summed E-state index contributed by atoms with van der Waals surface area (Å²) in [7, 11) is 0. The van der Waals surface area contributed by atoms with Crippen molar-refractivity contribution in [3.8, 4) is 0 Å². The maximum Gasteiger partial charge on any atom is 0.403 e. The van der Waals surface area contributed by atoms with Gasteiger partial charge in [0.15, 0.2) is 0 Å². The molecule has 0 spiro atoms. The Labute approximate surface area is 63.7 Å². The van der Waals surface area contributed by atoms with Crippen molar-refractivity contribution < 1.29 is 19.4 Å². The first kappa shape index (κ1) is 9.68. The third-order valence-electron chi connectivity index (χ3n) is 0.679. The fraction of sp³-hybridized carbons (Fsp3) is 0.800. The first-order valence-electron chi connectivity index (χ1n) is 2.78. The number of hydrogen-bond acceptors (Lipinski definition) is 4. The van der Waals surface area contributed by atoms with Crippen molar-refractivity contribution >= 4 is 17.0 Å². The van der Waals surface area contributed by atoms with Gasteiger partial charge < -0.3 is 14.6 Å². The highest BCUT2D eigenvalue weighted by molar-refractivity contribution is 6.61. The highest BCUT2D eigenvalue weighted by Crippen LogP contribution is 1.85. The van der Waals surface area contributed by atoms with Crippen LogP contribution in [-0.2, 0) is 9.47 Å². The van der Waals surface area contributed by atoms with Gasteiger partial charge in [-0.3, -0.25) is 0 Å². The largest absolute Gasteiger partial charge is 0.451 e. The molecule has 1 N–H and O–H groups in total. The van der Waals surface area contributed by atoms with Crippen LogP contribution in [0, 0.1) is 0 Å². The molecule has 60 valence electrons. The van der Waals surface area contributed by atoms with Gasteiger partial charge in [0.2, 0.25) is 0 Å². The Morgan fingerprint density at radius 1 is 1.40 bits per heavy atom. The summed E-state index contributed by atoms with van der Waals surface area (Å²) in [6.45, 7) is 0.607. The van der Waals surface area contributed by atoms with Crippen LogP contribution in [0.25, 0.3) is 0 Å². The molecule has 0 aromatic heterocycles. The first-order valence-corrected chi connectivity index (χ1v) is 3.16. The first-order chi connectivity index (χ1) is 4.77. The summed E-state index contributed by atoms with van der Waals surface area (Å²) >= 11 is 4.82. The van der Waals surface area contributed by atoms with Crippen molar-refractivity contribution in [2.24, 2.45) is 0 Å². The van der Waals surface area contributed by atoms with E-state index in [2.05, 4.69) is 4.74 Å². The van der Waals surface area contributed by atoms with E-state index >= 15 is 0 Å². The Balaban J connectivity index is 2.84. The maximum absolute atomic E-state index is 9.91. The molecule has 0 aliphatic carbocycles. The Hall–Kier alpha value is -0.320. The minimum atomic E-state index is -0.840. The second-order valence-electron chi connectivity index (χ2n) is 1.42. The smallest absolute Gasteiger partial charge is 0.403 e. The van der Waals surface area contributed by atoms with Crippen LogP contribution in [0.15, 0.2) is 0 Å². The lowest BCUT2D eigenvalue weighted by Gasteiger charge is -2.00. The minimum absolute atomic E-state index is 0.0329. The fourth-order valence-corrected chi connectivity index (χ4v) is 0.425. The van der Waals surface area contributed by atoms with Crippen molar-refractivity contribution in [2.45, 2.75) is 0 Å². The lowest BCUT2D eigenvalue weighted by atomic mass is 10.7. The molecular weight excluding hydrogens is 160 g/mol. The molecule has 0 radical (unpaired) electrons. The average Bonchev–Trinajstić information content (AvgIpc) is 1.87. The Kier molecular flexibility index (Phi) is 6.58. The molecule has 0 aliphatic heterocycles. The topological polar surface area (TPSA) is 55.8 Å². The van der Waals surface area contributed by atoms with Crippen LogP contribution in [0.5, 0.6) is 0 Å². The normalized spacial score (nSPS) is 9.40. The molecule has 0 aromatic rings. The molecule has 10 heavy (non-hydrogen) atoms. The molecule has 4 nitrogen and oxygen atoms in total.